The molecule has 0 aliphatic carbocycles. The summed E-state index contributed by atoms with van der Waals surface area (Å²) in [6.07, 6.45) is 0. The first-order valence-electron chi connectivity index (χ1n) is 9.12. The van der Waals surface area contributed by atoms with Gasteiger partial charge in [0.15, 0.2) is 0 Å². The van der Waals surface area contributed by atoms with Gasteiger partial charge in [-0.3, -0.25) is 0 Å². The minimum absolute atomic E-state index is 0.0752. The fourth-order valence-electron chi connectivity index (χ4n) is 3.58. The van der Waals surface area contributed by atoms with Crippen LogP contribution in [0.25, 0.3) is 16.8 Å². The van der Waals surface area contributed by atoms with E-state index in [1.54, 1.807) is 11.9 Å². The Balaban J connectivity index is 1.64. The van der Waals surface area contributed by atoms with E-state index in [1.807, 2.05) is 18.2 Å². The van der Waals surface area contributed by atoms with Gasteiger partial charge in [0.25, 0.3) is 0 Å². The number of benzene rings is 2. The summed E-state index contributed by atoms with van der Waals surface area (Å²) in [5.74, 6) is 0.504. The molecule has 2 aromatic carbocycles. The van der Waals surface area contributed by atoms with Crippen LogP contribution in [0.5, 0.6) is 5.75 Å². The molecule has 1 radical (unpaired) electrons. The first-order chi connectivity index (χ1) is 13.6. The van der Waals surface area contributed by atoms with E-state index in [0.29, 0.717) is 11.3 Å². The zero-order chi connectivity index (χ0) is 19.3. The summed E-state index contributed by atoms with van der Waals surface area (Å²) in [6, 6.07) is 10.6. The van der Waals surface area contributed by atoms with Gasteiger partial charge in [0.2, 0.25) is 0 Å². The molecular weight excluding hydrogens is 422 g/mol. The van der Waals surface area contributed by atoms with Gasteiger partial charge < -0.3 is 0 Å². The molecule has 0 spiro atoms. The van der Waals surface area contributed by atoms with Crippen LogP contribution in [0.1, 0.15) is 5.56 Å². The van der Waals surface area contributed by atoms with Crippen molar-refractivity contribution in [1.29, 1.82) is 0 Å². The van der Waals surface area contributed by atoms with Gasteiger partial charge in [0, 0.05) is 0 Å². The number of halogens is 1. The Morgan fingerprint density at radius 3 is 2.64 bits per heavy atom. The van der Waals surface area contributed by atoms with Crippen LogP contribution < -0.4 is 25.3 Å². The third-order valence-corrected chi connectivity index (χ3v) is 8.10. The predicted molar refractivity (Wildman–Crippen MR) is 106 cm³/mol. The maximum atomic E-state index is 13.4. The van der Waals surface area contributed by atoms with Crippen LogP contribution in [0.3, 0.4) is 0 Å². The van der Waals surface area contributed by atoms with E-state index in [4.69, 9.17) is 4.74 Å². The van der Waals surface area contributed by atoms with E-state index in [-0.39, 0.29) is 27.6 Å². The van der Waals surface area contributed by atoms with Crippen molar-refractivity contribution in [3.63, 3.8) is 0 Å². The second kappa shape index (κ2) is 6.83. The van der Waals surface area contributed by atoms with Gasteiger partial charge in [-0.05, 0) is 0 Å². The molecule has 3 aliphatic heterocycles. The van der Waals surface area contributed by atoms with E-state index < -0.39 is 0 Å². The van der Waals surface area contributed by atoms with E-state index in [9.17, 15) is 9.18 Å². The number of urea groups is 1. The number of nitrogens with zero attached hydrogens (tertiary/aromatic N) is 1. The van der Waals surface area contributed by atoms with Crippen LogP contribution in [-0.2, 0) is 0 Å². The Labute approximate surface area is 168 Å². The van der Waals surface area contributed by atoms with Crippen LogP contribution in [0.15, 0.2) is 42.1 Å². The molecule has 3 aliphatic rings. The summed E-state index contributed by atoms with van der Waals surface area (Å²) >= 11 is -0.0752. The number of carbonyl (C=O) groups excluding carboxylic acids is 1. The van der Waals surface area contributed by atoms with Crippen molar-refractivity contribution in [3.05, 3.63) is 53.5 Å². The molecular formula is C20H19AsFN4O2. The van der Waals surface area contributed by atoms with Crippen LogP contribution in [0, 0.1) is 5.82 Å². The number of hydrogen-bond donors (Lipinski definition) is 3. The summed E-state index contributed by atoms with van der Waals surface area (Å²) < 4.78 is 21.4. The number of ether oxygens (including phenoxy) is 1. The molecule has 0 atom stereocenters. The monoisotopic (exact) mass is 441 g/mol. The molecule has 3 heterocycles. The van der Waals surface area contributed by atoms with Crippen molar-refractivity contribution in [2.24, 2.45) is 0 Å². The fourth-order valence-corrected chi connectivity index (χ4v) is 6.45. The van der Waals surface area contributed by atoms with Crippen molar-refractivity contribution in [2.75, 3.05) is 26.7 Å². The average molecular weight is 441 g/mol. The number of carbonyl (C=O) groups is 1. The van der Waals surface area contributed by atoms with Crippen molar-refractivity contribution in [3.8, 4) is 16.9 Å². The molecule has 3 N–H and O–H groups in total. The molecule has 6 nitrogen and oxygen atoms in total. The normalized spacial score (nSPS) is 18.9. The summed E-state index contributed by atoms with van der Waals surface area (Å²) in [5, 5.41) is 3.34. The van der Waals surface area contributed by atoms with Crippen molar-refractivity contribution in [2.45, 2.75) is 4.71 Å². The standard InChI is InChI=1S/C20H19AsFN4O2/c1-26-19-15-6-16(21-12-8-23-9-12)14(11-2-4-13(22)5-3-11)7-18(15)28-10-17(19)24-25-20(26)27/h2-7,12,23-24H,8-10H2,1H3,(H,25,27). The van der Waals surface area contributed by atoms with Gasteiger partial charge >= 0.3 is 169 Å². The van der Waals surface area contributed by atoms with E-state index in [0.717, 1.165) is 46.9 Å². The third-order valence-electron chi connectivity index (χ3n) is 5.21. The van der Waals surface area contributed by atoms with Crippen molar-refractivity contribution < 1.29 is 13.9 Å². The number of hydrogen-bond acceptors (Lipinski definition) is 4. The Hall–Kier alpha value is -2.50. The van der Waals surface area contributed by atoms with E-state index in [1.165, 1.54) is 16.5 Å². The van der Waals surface area contributed by atoms with Crippen molar-refractivity contribution >= 4 is 31.8 Å². The molecule has 1 fully saturated rings. The van der Waals surface area contributed by atoms with Crippen LogP contribution in [-0.4, -0.2) is 53.4 Å². The molecule has 0 unspecified atom stereocenters. The number of amides is 2. The van der Waals surface area contributed by atoms with Gasteiger partial charge in [0.05, 0.1) is 0 Å². The summed E-state index contributed by atoms with van der Waals surface area (Å²) in [7, 11) is 1.76. The molecule has 5 rings (SSSR count). The molecule has 143 valence electrons. The Kier molecular flexibility index (Phi) is 4.29. The fraction of sp³-hybridized carbons (Fsp3) is 0.250. The van der Waals surface area contributed by atoms with Crippen molar-refractivity contribution in [1.82, 2.24) is 21.1 Å². The number of nitrogens with one attached hydrogen (secondary N) is 3. The molecule has 0 saturated carbocycles. The molecule has 0 bridgehead atoms. The second-order valence-corrected chi connectivity index (χ2v) is 10.1. The number of fused-ring (bicyclic) bond motifs is 2. The van der Waals surface area contributed by atoms with Crippen LogP contribution >= 0.6 is 0 Å². The predicted octanol–water partition coefficient (Wildman–Crippen LogP) is 1.43. The summed E-state index contributed by atoms with van der Waals surface area (Å²) in [5.41, 5.74) is 10.3. The second-order valence-electron chi connectivity index (χ2n) is 7.04. The first-order valence-corrected chi connectivity index (χ1v) is 11.1. The zero-order valence-electron chi connectivity index (χ0n) is 15.3. The SMILES string of the molecule is CN1C(=O)NNC2=C1c1cc([As]C3CNC3)c(-c3ccc(F)cc3)cc1OC2. The van der Waals surface area contributed by atoms with Gasteiger partial charge in [-0.1, -0.05) is 0 Å². The Morgan fingerprint density at radius 2 is 1.93 bits per heavy atom. The molecule has 8 heteroatoms. The van der Waals surface area contributed by atoms with Crippen LogP contribution in [0.4, 0.5) is 9.18 Å². The molecule has 1 saturated heterocycles. The van der Waals surface area contributed by atoms with Gasteiger partial charge in [0.1, 0.15) is 0 Å². The minimum atomic E-state index is -0.244. The van der Waals surface area contributed by atoms with Gasteiger partial charge in [-0.15, -0.1) is 0 Å². The van der Waals surface area contributed by atoms with Gasteiger partial charge in [-0.2, -0.15) is 0 Å². The molecule has 28 heavy (non-hydrogen) atoms. The van der Waals surface area contributed by atoms with E-state index >= 15 is 0 Å². The average Bonchev–Trinajstić information content (AvgIpc) is 2.67. The molecule has 2 amide bonds. The van der Waals surface area contributed by atoms with Gasteiger partial charge in [-0.25, -0.2) is 0 Å². The maximum absolute atomic E-state index is 13.4. The third kappa shape index (κ3) is 2.95. The summed E-state index contributed by atoms with van der Waals surface area (Å²) in [4.78, 5) is 13.8. The van der Waals surface area contributed by atoms with E-state index in [2.05, 4.69) is 22.2 Å². The first kappa shape index (κ1) is 17.6. The van der Waals surface area contributed by atoms with Crippen LogP contribution in [0.2, 0.25) is 4.71 Å². The Bertz CT molecular complexity index is 988. The number of hydrazine groups is 1. The zero-order valence-corrected chi connectivity index (χ0v) is 17.1. The number of rotatable bonds is 3. The summed E-state index contributed by atoms with van der Waals surface area (Å²) in [6.45, 7) is 2.43. The Morgan fingerprint density at radius 1 is 1.14 bits per heavy atom. The molecule has 0 aromatic heterocycles. The molecule has 2 aromatic rings. The quantitative estimate of drug-likeness (QED) is 0.631. The topological polar surface area (TPSA) is 65.6 Å².